The zero-order valence-corrected chi connectivity index (χ0v) is 11.6. The van der Waals surface area contributed by atoms with E-state index < -0.39 is 0 Å². The Morgan fingerprint density at radius 2 is 2.00 bits per heavy atom. The van der Waals surface area contributed by atoms with Crippen LogP contribution < -0.4 is 5.73 Å². The number of nitrogens with zero attached hydrogens (tertiary/aromatic N) is 2. The van der Waals surface area contributed by atoms with Gasteiger partial charge in [-0.1, -0.05) is 6.92 Å². The smallest absolute Gasteiger partial charge is 0.0524 e. The number of hydrogen-bond acceptors (Lipinski definition) is 4. The Labute approximate surface area is 110 Å². The number of pyridine rings is 1. The van der Waals surface area contributed by atoms with Crippen molar-refractivity contribution >= 4 is 0 Å². The molecule has 0 amide bonds. The van der Waals surface area contributed by atoms with Gasteiger partial charge in [0.2, 0.25) is 0 Å². The summed E-state index contributed by atoms with van der Waals surface area (Å²) < 4.78 is 0. The summed E-state index contributed by atoms with van der Waals surface area (Å²) in [5, 5.41) is 9.38. The molecule has 4 nitrogen and oxygen atoms in total. The SMILES string of the molecule is CCC(N)C(c1ccncc1)N(C)CCC(C)O. The molecular weight excluding hydrogens is 226 g/mol. The van der Waals surface area contributed by atoms with Gasteiger partial charge in [0, 0.05) is 31.0 Å². The molecule has 3 unspecified atom stereocenters. The van der Waals surface area contributed by atoms with E-state index in [0.29, 0.717) is 0 Å². The third kappa shape index (κ3) is 4.37. The maximum atomic E-state index is 9.38. The van der Waals surface area contributed by atoms with Crippen molar-refractivity contribution in [1.82, 2.24) is 9.88 Å². The summed E-state index contributed by atoms with van der Waals surface area (Å²) in [5.41, 5.74) is 7.42. The minimum absolute atomic E-state index is 0.0893. The lowest BCUT2D eigenvalue weighted by atomic mass is 9.97. The van der Waals surface area contributed by atoms with Crippen LogP contribution in [-0.2, 0) is 0 Å². The van der Waals surface area contributed by atoms with E-state index in [2.05, 4.69) is 23.9 Å². The van der Waals surface area contributed by atoms with Gasteiger partial charge in [0.25, 0.3) is 0 Å². The number of hydrogen-bond donors (Lipinski definition) is 2. The van der Waals surface area contributed by atoms with Crippen LogP contribution in [0.4, 0.5) is 0 Å². The molecule has 0 aliphatic heterocycles. The molecule has 0 aliphatic rings. The predicted octanol–water partition coefficient (Wildman–Crippen LogP) is 1.56. The van der Waals surface area contributed by atoms with Gasteiger partial charge in [0.15, 0.2) is 0 Å². The highest BCUT2D eigenvalue weighted by Gasteiger charge is 2.22. The summed E-state index contributed by atoms with van der Waals surface area (Å²) in [6.07, 6.45) is 5.00. The molecule has 1 aromatic heterocycles. The van der Waals surface area contributed by atoms with Gasteiger partial charge in [0.1, 0.15) is 0 Å². The Morgan fingerprint density at radius 1 is 1.39 bits per heavy atom. The summed E-state index contributed by atoms with van der Waals surface area (Å²) in [6.45, 7) is 4.74. The molecule has 102 valence electrons. The molecule has 0 spiro atoms. The normalized spacial score (nSPS) is 16.6. The van der Waals surface area contributed by atoms with Crippen molar-refractivity contribution in [2.75, 3.05) is 13.6 Å². The van der Waals surface area contributed by atoms with Crippen LogP contribution in [0.15, 0.2) is 24.5 Å². The van der Waals surface area contributed by atoms with Crippen LogP contribution >= 0.6 is 0 Å². The number of aromatic nitrogens is 1. The van der Waals surface area contributed by atoms with E-state index in [4.69, 9.17) is 5.73 Å². The summed E-state index contributed by atoms with van der Waals surface area (Å²) in [6, 6.07) is 4.29. The summed E-state index contributed by atoms with van der Waals surface area (Å²) in [5.74, 6) is 0. The Balaban J connectivity index is 2.78. The second kappa shape index (κ2) is 7.46. The second-order valence-electron chi connectivity index (χ2n) is 4.92. The first-order valence-corrected chi connectivity index (χ1v) is 6.60. The second-order valence-corrected chi connectivity index (χ2v) is 4.92. The fraction of sp³-hybridized carbons (Fsp3) is 0.643. The highest BCUT2D eigenvalue weighted by Crippen LogP contribution is 2.23. The van der Waals surface area contributed by atoms with Gasteiger partial charge in [0.05, 0.1) is 6.10 Å². The van der Waals surface area contributed by atoms with Gasteiger partial charge < -0.3 is 10.8 Å². The number of aliphatic hydroxyl groups is 1. The van der Waals surface area contributed by atoms with Crippen molar-refractivity contribution in [3.63, 3.8) is 0 Å². The average molecular weight is 251 g/mol. The first-order chi connectivity index (χ1) is 8.56. The van der Waals surface area contributed by atoms with E-state index in [1.807, 2.05) is 19.1 Å². The molecular formula is C14H25N3O. The quantitative estimate of drug-likeness (QED) is 0.772. The van der Waals surface area contributed by atoms with E-state index in [9.17, 15) is 5.11 Å². The highest BCUT2D eigenvalue weighted by molar-refractivity contribution is 5.17. The minimum atomic E-state index is -0.275. The molecule has 0 saturated carbocycles. The maximum Gasteiger partial charge on any atom is 0.0524 e. The fourth-order valence-electron chi connectivity index (χ4n) is 2.14. The molecule has 1 rings (SSSR count). The average Bonchev–Trinajstić information content (AvgIpc) is 2.37. The van der Waals surface area contributed by atoms with E-state index in [0.717, 1.165) is 19.4 Å². The van der Waals surface area contributed by atoms with Crippen molar-refractivity contribution in [1.29, 1.82) is 0 Å². The molecule has 18 heavy (non-hydrogen) atoms. The molecule has 3 N–H and O–H groups in total. The van der Waals surface area contributed by atoms with E-state index >= 15 is 0 Å². The molecule has 1 aromatic rings. The number of rotatable bonds is 7. The van der Waals surface area contributed by atoms with Crippen LogP contribution in [0, 0.1) is 0 Å². The fourth-order valence-corrected chi connectivity index (χ4v) is 2.14. The van der Waals surface area contributed by atoms with Crippen LogP contribution in [-0.4, -0.2) is 40.7 Å². The predicted molar refractivity (Wildman–Crippen MR) is 74.2 cm³/mol. The lowest BCUT2D eigenvalue weighted by Gasteiger charge is -2.33. The molecule has 0 bridgehead atoms. The summed E-state index contributed by atoms with van der Waals surface area (Å²) in [7, 11) is 2.06. The van der Waals surface area contributed by atoms with Crippen LogP contribution in [0.2, 0.25) is 0 Å². The monoisotopic (exact) mass is 251 g/mol. The highest BCUT2D eigenvalue weighted by atomic mass is 16.3. The lowest BCUT2D eigenvalue weighted by Crippen LogP contribution is -2.39. The Bertz CT molecular complexity index is 329. The summed E-state index contributed by atoms with van der Waals surface area (Å²) >= 11 is 0. The molecule has 1 heterocycles. The lowest BCUT2D eigenvalue weighted by molar-refractivity contribution is 0.140. The van der Waals surface area contributed by atoms with Gasteiger partial charge in [-0.3, -0.25) is 9.88 Å². The first-order valence-electron chi connectivity index (χ1n) is 6.60. The van der Waals surface area contributed by atoms with Crippen molar-refractivity contribution in [3.05, 3.63) is 30.1 Å². The molecule has 3 atom stereocenters. The van der Waals surface area contributed by atoms with Crippen LogP contribution in [0.3, 0.4) is 0 Å². The standard InChI is InChI=1S/C14H25N3O/c1-4-13(15)14(12-5-8-16-9-6-12)17(3)10-7-11(2)18/h5-6,8-9,11,13-14,18H,4,7,10,15H2,1-3H3. The van der Waals surface area contributed by atoms with Gasteiger partial charge in [-0.2, -0.15) is 0 Å². The van der Waals surface area contributed by atoms with Crippen LogP contribution in [0.25, 0.3) is 0 Å². The van der Waals surface area contributed by atoms with E-state index in [1.165, 1.54) is 5.56 Å². The number of likely N-dealkylation sites (N-methyl/N-ethyl adjacent to an activating group) is 1. The molecule has 0 fully saturated rings. The third-order valence-corrected chi connectivity index (χ3v) is 3.30. The number of aliphatic hydroxyl groups excluding tert-OH is 1. The molecule has 0 saturated heterocycles. The summed E-state index contributed by atoms with van der Waals surface area (Å²) in [4.78, 5) is 6.27. The van der Waals surface area contributed by atoms with Crippen molar-refractivity contribution in [3.8, 4) is 0 Å². The molecule has 0 aliphatic carbocycles. The zero-order valence-electron chi connectivity index (χ0n) is 11.6. The number of nitrogens with two attached hydrogens (primary N) is 1. The Kier molecular flexibility index (Phi) is 6.25. The Hall–Kier alpha value is -0.970. The first kappa shape index (κ1) is 15.1. The zero-order chi connectivity index (χ0) is 13.5. The maximum absolute atomic E-state index is 9.38. The molecule has 0 aromatic carbocycles. The van der Waals surface area contributed by atoms with E-state index in [-0.39, 0.29) is 18.2 Å². The van der Waals surface area contributed by atoms with Crippen molar-refractivity contribution in [2.24, 2.45) is 5.73 Å². The van der Waals surface area contributed by atoms with Gasteiger partial charge in [-0.15, -0.1) is 0 Å². The van der Waals surface area contributed by atoms with Gasteiger partial charge in [-0.25, -0.2) is 0 Å². The molecule has 0 radical (unpaired) electrons. The van der Waals surface area contributed by atoms with Crippen LogP contribution in [0.5, 0.6) is 0 Å². The van der Waals surface area contributed by atoms with Crippen molar-refractivity contribution in [2.45, 2.75) is 44.9 Å². The van der Waals surface area contributed by atoms with E-state index in [1.54, 1.807) is 12.4 Å². The largest absolute Gasteiger partial charge is 0.393 e. The van der Waals surface area contributed by atoms with Gasteiger partial charge in [-0.05, 0) is 44.5 Å². The Morgan fingerprint density at radius 3 is 2.50 bits per heavy atom. The minimum Gasteiger partial charge on any atom is -0.393 e. The molecule has 4 heteroatoms. The third-order valence-electron chi connectivity index (χ3n) is 3.30. The van der Waals surface area contributed by atoms with Gasteiger partial charge >= 0.3 is 0 Å². The van der Waals surface area contributed by atoms with Crippen LogP contribution in [0.1, 0.15) is 38.3 Å². The van der Waals surface area contributed by atoms with Crippen molar-refractivity contribution < 1.29 is 5.11 Å². The topological polar surface area (TPSA) is 62.4 Å².